The molecule has 0 saturated carbocycles. The van der Waals surface area contributed by atoms with Crippen LogP contribution < -0.4 is 0 Å². The normalized spacial score (nSPS) is 15.3. The Labute approximate surface area is 175 Å². The van der Waals surface area contributed by atoms with Gasteiger partial charge in [-0.15, -0.1) is 0 Å². The number of nitro benzene ring substituents is 1. The zero-order valence-electron chi connectivity index (χ0n) is 16.2. The number of nitrogens with zero attached hydrogens (tertiary/aromatic N) is 2. The zero-order valence-corrected chi connectivity index (χ0v) is 17.0. The molecule has 1 fully saturated rings. The predicted molar refractivity (Wildman–Crippen MR) is 109 cm³/mol. The van der Waals surface area contributed by atoms with Gasteiger partial charge in [-0.2, -0.15) is 0 Å². The molecule has 1 aliphatic rings. The van der Waals surface area contributed by atoms with E-state index >= 15 is 0 Å². The lowest BCUT2D eigenvalue weighted by Crippen LogP contribution is -2.34. The second-order valence-electron chi connectivity index (χ2n) is 6.85. The molecule has 0 aliphatic carbocycles. The molecule has 0 spiro atoms. The van der Waals surface area contributed by atoms with Crippen molar-refractivity contribution in [3.8, 4) is 11.3 Å². The van der Waals surface area contributed by atoms with Gasteiger partial charge in [-0.1, -0.05) is 13.8 Å². The lowest BCUT2D eigenvalue weighted by atomic mass is 10.1. The summed E-state index contributed by atoms with van der Waals surface area (Å²) in [6, 6.07) is 9.10. The molecule has 3 rings (SSSR count). The van der Waals surface area contributed by atoms with E-state index < -0.39 is 28.6 Å². The molecule has 0 N–H and O–H groups in total. The molecule has 1 aromatic carbocycles. The van der Waals surface area contributed by atoms with E-state index in [2.05, 4.69) is 0 Å². The van der Waals surface area contributed by atoms with Gasteiger partial charge in [0.2, 0.25) is 0 Å². The largest absolute Gasteiger partial charge is 0.464 e. The number of furan rings is 1. The SMILES string of the molecule is CC(C)COC(=O)CN1C(=O)S/C(=C/c2ccc(-c3ccc([N+](=O)[O-])cc3)o2)C1=O. The summed E-state index contributed by atoms with van der Waals surface area (Å²) in [4.78, 5) is 47.6. The molecule has 9 nitrogen and oxygen atoms in total. The third kappa shape index (κ3) is 4.95. The van der Waals surface area contributed by atoms with Crippen LogP contribution in [-0.4, -0.2) is 40.1 Å². The van der Waals surface area contributed by atoms with Gasteiger partial charge in [0.15, 0.2) is 0 Å². The minimum Gasteiger partial charge on any atom is -0.464 e. The smallest absolute Gasteiger partial charge is 0.326 e. The van der Waals surface area contributed by atoms with Crippen molar-refractivity contribution >= 4 is 40.6 Å². The molecule has 1 aromatic heterocycles. The summed E-state index contributed by atoms with van der Waals surface area (Å²) >= 11 is 0.709. The Balaban J connectivity index is 1.70. The van der Waals surface area contributed by atoms with Crippen molar-refractivity contribution in [2.75, 3.05) is 13.2 Å². The second kappa shape index (κ2) is 8.95. The number of thioether (sulfide) groups is 1. The fraction of sp³-hybridized carbons (Fsp3) is 0.250. The van der Waals surface area contributed by atoms with Crippen molar-refractivity contribution in [3.05, 3.63) is 57.2 Å². The average Bonchev–Trinajstić information content (AvgIpc) is 3.27. The van der Waals surface area contributed by atoms with Crippen molar-refractivity contribution in [1.82, 2.24) is 4.90 Å². The molecular weight excluding hydrogens is 412 g/mol. The average molecular weight is 430 g/mol. The number of nitro groups is 1. The summed E-state index contributed by atoms with van der Waals surface area (Å²) in [6.07, 6.45) is 1.42. The first kappa shape index (κ1) is 21.3. The summed E-state index contributed by atoms with van der Waals surface area (Å²) in [5, 5.41) is 10.2. The van der Waals surface area contributed by atoms with E-state index in [9.17, 15) is 24.5 Å². The highest BCUT2D eigenvalue weighted by atomic mass is 32.2. The van der Waals surface area contributed by atoms with Gasteiger partial charge in [0.1, 0.15) is 18.1 Å². The van der Waals surface area contributed by atoms with Crippen LogP contribution in [0.5, 0.6) is 0 Å². The van der Waals surface area contributed by atoms with E-state index in [1.54, 1.807) is 24.3 Å². The van der Waals surface area contributed by atoms with Crippen molar-refractivity contribution in [1.29, 1.82) is 0 Å². The van der Waals surface area contributed by atoms with Gasteiger partial charge in [-0.25, -0.2) is 0 Å². The van der Waals surface area contributed by atoms with Crippen LogP contribution in [0.1, 0.15) is 19.6 Å². The molecule has 0 atom stereocenters. The number of non-ortho nitro benzene ring substituents is 1. The summed E-state index contributed by atoms with van der Waals surface area (Å²) in [7, 11) is 0. The number of benzene rings is 1. The third-order valence-corrected chi connectivity index (χ3v) is 4.91. The van der Waals surface area contributed by atoms with Crippen LogP contribution in [0.2, 0.25) is 0 Å². The number of hydrogen-bond acceptors (Lipinski definition) is 8. The quantitative estimate of drug-likeness (QED) is 0.279. The van der Waals surface area contributed by atoms with Gasteiger partial charge >= 0.3 is 5.97 Å². The maximum Gasteiger partial charge on any atom is 0.326 e. The molecule has 2 heterocycles. The number of amides is 2. The van der Waals surface area contributed by atoms with Gasteiger partial charge in [0.25, 0.3) is 16.8 Å². The Morgan fingerprint density at radius 1 is 1.23 bits per heavy atom. The van der Waals surface area contributed by atoms with Gasteiger partial charge in [-0.3, -0.25) is 29.4 Å². The van der Waals surface area contributed by atoms with E-state index in [1.807, 2.05) is 13.8 Å². The highest BCUT2D eigenvalue weighted by Crippen LogP contribution is 2.33. The molecule has 0 unspecified atom stereocenters. The number of rotatable bonds is 7. The third-order valence-electron chi connectivity index (χ3n) is 4.00. The van der Waals surface area contributed by atoms with Crippen molar-refractivity contribution in [3.63, 3.8) is 0 Å². The number of imide groups is 1. The van der Waals surface area contributed by atoms with Gasteiger partial charge < -0.3 is 9.15 Å². The van der Waals surface area contributed by atoms with Crippen LogP contribution in [0.3, 0.4) is 0 Å². The number of ether oxygens (including phenoxy) is 1. The van der Waals surface area contributed by atoms with Gasteiger partial charge in [0, 0.05) is 23.8 Å². The van der Waals surface area contributed by atoms with Crippen molar-refractivity contribution in [2.45, 2.75) is 13.8 Å². The van der Waals surface area contributed by atoms with E-state index in [0.717, 1.165) is 4.90 Å². The number of carbonyl (C=O) groups is 3. The fourth-order valence-electron chi connectivity index (χ4n) is 2.53. The molecule has 0 radical (unpaired) electrons. The summed E-state index contributed by atoms with van der Waals surface area (Å²) < 4.78 is 10.7. The number of esters is 1. The Hall–Kier alpha value is -3.40. The second-order valence-corrected chi connectivity index (χ2v) is 7.84. The van der Waals surface area contributed by atoms with Crippen LogP contribution >= 0.6 is 11.8 Å². The molecule has 1 aliphatic heterocycles. The number of carbonyl (C=O) groups excluding carboxylic acids is 3. The lowest BCUT2D eigenvalue weighted by Gasteiger charge is -2.12. The summed E-state index contributed by atoms with van der Waals surface area (Å²) in [5.41, 5.74) is 0.590. The molecule has 0 bridgehead atoms. The van der Waals surface area contributed by atoms with Crippen LogP contribution in [0.15, 0.2) is 45.7 Å². The fourth-order valence-corrected chi connectivity index (χ4v) is 3.35. The Morgan fingerprint density at radius 2 is 1.93 bits per heavy atom. The molecule has 2 amide bonds. The predicted octanol–water partition coefficient (Wildman–Crippen LogP) is 4.09. The maximum absolute atomic E-state index is 12.5. The van der Waals surface area contributed by atoms with Crippen LogP contribution in [0, 0.1) is 16.0 Å². The topological polar surface area (TPSA) is 120 Å². The number of hydrogen-bond donors (Lipinski definition) is 0. The standard InChI is InChI=1S/C20H18N2O7S/c1-12(2)11-28-18(23)10-21-19(24)17(30-20(21)25)9-15-7-8-16(29-15)13-3-5-14(6-4-13)22(26)27/h3-9,12H,10-11H2,1-2H3/b17-9+. The highest BCUT2D eigenvalue weighted by molar-refractivity contribution is 8.18. The monoisotopic (exact) mass is 430 g/mol. The first-order valence-electron chi connectivity index (χ1n) is 9.00. The first-order chi connectivity index (χ1) is 14.2. The molecule has 30 heavy (non-hydrogen) atoms. The molecule has 2 aromatic rings. The van der Waals surface area contributed by atoms with Crippen LogP contribution in [-0.2, 0) is 14.3 Å². The van der Waals surface area contributed by atoms with E-state index in [0.29, 0.717) is 28.8 Å². The van der Waals surface area contributed by atoms with Crippen molar-refractivity contribution in [2.24, 2.45) is 5.92 Å². The van der Waals surface area contributed by atoms with Crippen molar-refractivity contribution < 1.29 is 28.5 Å². The van der Waals surface area contributed by atoms with Crippen LogP contribution in [0.4, 0.5) is 10.5 Å². The first-order valence-corrected chi connectivity index (χ1v) is 9.82. The maximum atomic E-state index is 12.5. The summed E-state index contributed by atoms with van der Waals surface area (Å²) in [5.74, 6) is -0.318. The van der Waals surface area contributed by atoms with E-state index in [1.165, 1.54) is 18.2 Å². The minimum atomic E-state index is -0.647. The van der Waals surface area contributed by atoms with E-state index in [-0.39, 0.29) is 23.1 Å². The van der Waals surface area contributed by atoms with Crippen LogP contribution in [0.25, 0.3) is 17.4 Å². The Morgan fingerprint density at radius 3 is 2.57 bits per heavy atom. The highest BCUT2D eigenvalue weighted by Gasteiger charge is 2.37. The minimum absolute atomic E-state index is 0.0360. The summed E-state index contributed by atoms with van der Waals surface area (Å²) in [6.45, 7) is 3.53. The Bertz CT molecular complexity index is 1020. The van der Waals surface area contributed by atoms with E-state index in [4.69, 9.17) is 9.15 Å². The molecular formula is C20H18N2O7S. The Kier molecular flexibility index (Phi) is 6.36. The molecule has 10 heteroatoms. The molecule has 1 saturated heterocycles. The lowest BCUT2D eigenvalue weighted by molar-refractivity contribution is -0.384. The van der Waals surface area contributed by atoms with Gasteiger partial charge in [-0.05, 0) is 41.9 Å². The van der Waals surface area contributed by atoms with Gasteiger partial charge in [0.05, 0.1) is 16.4 Å². The molecule has 156 valence electrons. The zero-order chi connectivity index (χ0) is 21.8.